The summed E-state index contributed by atoms with van der Waals surface area (Å²) >= 11 is 0. The Balaban J connectivity index is 1.75. The van der Waals surface area contributed by atoms with Crippen LogP contribution >= 0.6 is 0 Å². The molecule has 0 unspecified atom stereocenters. The smallest absolute Gasteiger partial charge is 0.238 e. The first-order valence-electron chi connectivity index (χ1n) is 10.8. The highest BCUT2D eigenvalue weighted by Crippen LogP contribution is 2.47. The minimum atomic E-state index is -4.10. The number of halogens is 1. The summed E-state index contributed by atoms with van der Waals surface area (Å²) in [5.41, 5.74) is 2.10. The monoisotopic (exact) mass is 471 g/mol. The molecule has 0 fully saturated rings. The Labute approximate surface area is 198 Å². The van der Waals surface area contributed by atoms with E-state index in [4.69, 9.17) is 4.84 Å². The van der Waals surface area contributed by atoms with Crippen molar-refractivity contribution in [1.29, 1.82) is 0 Å². The van der Waals surface area contributed by atoms with Crippen LogP contribution in [0, 0.1) is 12.7 Å². The molecule has 5 rings (SSSR count). The molecule has 4 aromatic rings. The van der Waals surface area contributed by atoms with Gasteiger partial charge in [0.2, 0.25) is 0 Å². The number of hydrogen-bond acceptors (Lipinski definition) is 3. The quantitative estimate of drug-likeness (QED) is 0.356. The summed E-state index contributed by atoms with van der Waals surface area (Å²) in [6.07, 6.45) is 1.79. The van der Waals surface area contributed by atoms with Gasteiger partial charge < -0.3 is 0 Å². The van der Waals surface area contributed by atoms with Gasteiger partial charge in [-0.2, -0.15) is 8.42 Å². The summed E-state index contributed by atoms with van der Waals surface area (Å²) in [4.78, 5) is 6.53. The van der Waals surface area contributed by atoms with Gasteiger partial charge >= 0.3 is 0 Å². The van der Waals surface area contributed by atoms with E-state index < -0.39 is 21.4 Å². The predicted octanol–water partition coefficient (Wildman–Crippen LogP) is 6.05. The minimum absolute atomic E-state index is 0.100. The molecule has 0 radical (unpaired) electrons. The van der Waals surface area contributed by atoms with Crippen LogP contribution in [0.5, 0.6) is 0 Å². The molecule has 0 amide bonds. The average Bonchev–Trinajstić information content (AvgIpc) is 3.29. The highest BCUT2D eigenvalue weighted by atomic mass is 32.2. The Morgan fingerprint density at radius 2 is 1.26 bits per heavy atom. The van der Waals surface area contributed by atoms with Crippen LogP contribution in [0.2, 0.25) is 0 Å². The van der Waals surface area contributed by atoms with E-state index in [1.54, 1.807) is 42.5 Å². The first kappa shape index (κ1) is 22.1. The van der Waals surface area contributed by atoms with Crippen molar-refractivity contribution in [2.24, 2.45) is 0 Å². The molecule has 34 heavy (non-hydrogen) atoms. The number of hydrogen-bond donors (Lipinski definition) is 0. The second-order valence-corrected chi connectivity index (χ2v) is 9.89. The van der Waals surface area contributed by atoms with Gasteiger partial charge in [-0.25, -0.2) is 9.23 Å². The summed E-state index contributed by atoms with van der Waals surface area (Å²) in [5, 5.41) is 0. The van der Waals surface area contributed by atoms with Crippen molar-refractivity contribution in [3.05, 3.63) is 143 Å². The van der Waals surface area contributed by atoms with Gasteiger partial charge in [-0.3, -0.25) is 0 Å². The molecule has 0 aliphatic carbocycles. The zero-order valence-electron chi connectivity index (χ0n) is 18.4. The molecule has 0 aromatic heterocycles. The molecule has 1 aliphatic heterocycles. The van der Waals surface area contributed by atoms with Crippen molar-refractivity contribution in [2.45, 2.75) is 17.4 Å². The van der Waals surface area contributed by atoms with Crippen molar-refractivity contribution < 1.29 is 17.6 Å². The van der Waals surface area contributed by atoms with Crippen LogP contribution in [-0.2, 0) is 20.5 Å². The largest absolute Gasteiger partial charge is 0.286 e. The van der Waals surface area contributed by atoms with Crippen molar-refractivity contribution in [2.75, 3.05) is 0 Å². The van der Waals surface area contributed by atoms with Crippen molar-refractivity contribution in [3.63, 3.8) is 0 Å². The van der Waals surface area contributed by atoms with Gasteiger partial charge in [-0.15, -0.1) is 4.47 Å². The van der Waals surface area contributed by atoms with Gasteiger partial charge in [0.1, 0.15) is 5.82 Å². The second-order valence-electron chi connectivity index (χ2n) is 8.14. The molecule has 0 saturated carbocycles. The van der Waals surface area contributed by atoms with Gasteiger partial charge in [0.05, 0.1) is 10.6 Å². The first-order valence-corrected chi connectivity index (χ1v) is 12.3. The maximum absolute atomic E-state index is 13.8. The number of rotatable bonds is 5. The van der Waals surface area contributed by atoms with Crippen molar-refractivity contribution in [3.8, 4) is 0 Å². The molecule has 1 aliphatic rings. The number of hydroxylamine groups is 1. The summed E-state index contributed by atoms with van der Waals surface area (Å²) in [6, 6.07) is 31.2. The van der Waals surface area contributed by atoms with E-state index in [1.807, 2.05) is 67.6 Å². The fourth-order valence-corrected chi connectivity index (χ4v) is 5.36. The van der Waals surface area contributed by atoms with E-state index in [0.717, 1.165) is 21.2 Å². The molecule has 0 saturated heterocycles. The minimum Gasteiger partial charge on any atom is -0.238 e. The van der Waals surface area contributed by atoms with Crippen LogP contribution < -0.4 is 0 Å². The fourth-order valence-electron chi connectivity index (χ4n) is 4.06. The Morgan fingerprint density at radius 1 is 0.735 bits per heavy atom. The lowest BCUT2D eigenvalue weighted by Gasteiger charge is -2.30. The molecule has 0 bridgehead atoms. The van der Waals surface area contributed by atoms with Crippen molar-refractivity contribution >= 4 is 15.7 Å². The lowest BCUT2D eigenvalue weighted by molar-refractivity contribution is -0.102. The maximum atomic E-state index is 13.8. The molecule has 170 valence electrons. The van der Waals surface area contributed by atoms with E-state index in [2.05, 4.69) is 0 Å². The van der Waals surface area contributed by atoms with Crippen LogP contribution in [0.15, 0.2) is 120 Å². The first-order chi connectivity index (χ1) is 16.4. The van der Waals surface area contributed by atoms with E-state index in [0.29, 0.717) is 11.3 Å². The van der Waals surface area contributed by atoms with Crippen LogP contribution in [0.4, 0.5) is 4.39 Å². The van der Waals surface area contributed by atoms with Gasteiger partial charge in [0.15, 0.2) is 5.60 Å². The molecule has 0 atom stereocenters. The predicted molar refractivity (Wildman–Crippen MR) is 129 cm³/mol. The lowest BCUT2D eigenvalue weighted by Crippen LogP contribution is -2.34. The number of nitrogens with zero attached hydrogens (tertiary/aromatic N) is 1. The molecule has 6 heteroatoms. The molecular weight excluding hydrogens is 449 g/mol. The van der Waals surface area contributed by atoms with Gasteiger partial charge in [-0.05, 0) is 60.5 Å². The summed E-state index contributed by atoms with van der Waals surface area (Å²) in [5.74, 6) is -0.409. The second kappa shape index (κ2) is 8.56. The standard InChI is InChI=1S/C28H22FNO3S/c1-21-12-18-26(19-13-21)34(31,32)30-27(22-14-16-25(29)17-15-22)20-28(33-30,23-8-4-2-5-9-23)24-10-6-3-7-11-24/h2-20H,1H3. The zero-order chi connectivity index (χ0) is 23.8. The normalized spacial score (nSPS) is 15.2. The molecule has 0 spiro atoms. The van der Waals surface area contributed by atoms with E-state index in [1.165, 1.54) is 12.1 Å². The van der Waals surface area contributed by atoms with Crippen LogP contribution in [-0.4, -0.2) is 12.9 Å². The van der Waals surface area contributed by atoms with Crippen LogP contribution in [0.25, 0.3) is 5.70 Å². The zero-order valence-corrected chi connectivity index (χ0v) is 19.2. The van der Waals surface area contributed by atoms with E-state index in [-0.39, 0.29) is 4.90 Å². The van der Waals surface area contributed by atoms with E-state index >= 15 is 0 Å². The summed E-state index contributed by atoms with van der Waals surface area (Å²) in [7, 11) is -4.10. The third kappa shape index (κ3) is 3.81. The lowest BCUT2D eigenvalue weighted by atomic mass is 9.85. The maximum Gasteiger partial charge on any atom is 0.286 e. The molecule has 0 N–H and O–H groups in total. The Bertz CT molecular complexity index is 1390. The number of benzene rings is 4. The summed E-state index contributed by atoms with van der Waals surface area (Å²) in [6.45, 7) is 1.89. The number of aryl methyl sites for hydroxylation is 1. The highest BCUT2D eigenvalue weighted by Gasteiger charge is 2.47. The van der Waals surface area contributed by atoms with Crippen LogP contribution in [0.3, 0.4) is 0 Å². The number of sulfonamides is 1. The van der Waals surface area contributed by atoms with Crippen LogP contribution in [0.1, 0.15) is 22.3 Å². The van der Waals surface area contributed by atoms with Gasteiger partial charge in [0, 0.05) is 5.56 Å². The molecule has 1 heterocycles. The Kier molecular flexibility index (Phi) is 5.55. The summed E-state index contributed by atoms with van der Waals surface area (Å²) < 4.78 is 42.3. The Hall–Kier alpha value is -3.74. The van der Waals surface area contributed by atoms with Gasteiger partial charge in [-0.1, -0.05) is 78.4 Å². The SMILES string of the molecule is Cc1ccc(S(=O)(=O)N2OC(c3ccccc3)(c3ccccc3)C=C2c2ccc(F)cc2)cc1. The van der Waals surface area contributed by atoms with E-state index in [9.17, 15) is 12.8 Å². The Morgan fingerprint density at radius 3 is 1.79 bits per heavy atom. The molecule has 4 nitrogen and oxygen atoms in total. The third-order valence-corrected chi connectivity index (χ3v) is 7.42. The highest BCUT2D eigenvalue weighted by molar-refractivity contribution is 7.89. The van der Waals surface area contributed by atoms with Crippen molar-refractivity contribution in [1.82, 2.24) is 4.47 Å². The topological polar surface area (TPSA) is 46.6 Å². The molecule has 4 aromatic carbocycles. The fraction of sp³-hybridized carbons (Fsp3) is 0.0714. The van der Waals surface area contributed by atoms with Gasteiger partial charge in [0.25, 0.3) is 10.0 Å². The average molecular weight is 472 g/mol. The molecular formula is C28H22FNO3S. The third-order valence-electron chi connectivity index (χ3n) is 5.85.